The summed E-state index contributed by atoms with van der Waals surface area (Å²) in [5.74, 6) is -0.117. The maximum atomic E-state index is 10.8. The summed E-state index contributed by atoms with van der Waals surface area (Å²) in [7, 11) is 0.493. The molecule has 0 spiro atoms. The first kappa shape index (κ1) is 31.9. The smallest absolute Gasteiger partial charge is 0.265 e. The van der Waals surface area contributed by atoms with Crippen LogP contribution in [0.15, 0.2) is 0 Å². The van der Waals surface area contributed by atoms with Gasteiger partial charge in [0, 0.05) is 6.42 Å². The molecule has 0 rings (SSSR count). The van der Waals surface area contributed by atoms with E-state index >= 15 is 0 Å². The van der Waals surface area contributed by atoms with Crippen molar-refractivity contribution < 1.29 is 17.5 Å². The molecule has 0 fully saturated rings. The van der Waals surface area contributed by atoms with Crippen LogP contribution in [0.3, 0.4) is 0 Å². The van der Waals surface area contributed by atoms with E-state index in [1.54, 1.807) is 0 Å². The summed E-state index contributed by atoms with van der Waals surface area (Å²) in [5, 5.41) is 0. The number of nitrogens with zero attached hydrogens (tertiary/aromatic N) is 1. The minimum absolute atomic E-state index is 0.117. The van der Waals surface area contributed by atoms with Crippen LogP contribution in [0.1, 0.15) is 142 Å². The molecular weight excluding hydrogens is 418 g/mol. The molecule has 0 amide bonds. The molecule has 5 heteroatoms. The fraction of sp³-hybridized carbons (Fsp3) is 1.00. The van der Waals surface area contributed by atoms with Gasteiger partial charge in [-0.3, -0.25) is 4.55 Å². The minimum atomic E-state index is -3.81. The quantitative estimate of drug-likeness (QED) is 0.0821. The lowest BCUT2D eigenvalue weighted by molar-refractivity contribution is -0.890. The lowest BCUT2D eigenvalue weighted by atomic mass is 10.0. The van der Waals surface area contributed by atoms with Crippen LogP contribution in [0.25, 0.3) is 0 Å². The SMILES string of the molecule is CCCCCCCCCCCCCCCCCCCCCC[N+](C)(C)CCCS(=O)(=O)O. The van der Waals surface area contributed by atoms with Gasteiger partial charge >= 0.3 is 0 Å². The highest BCUT2D eigenvalue weighted by atomic mass is 32.2. The maximum Gasteiger partial charge on any atom is 0.265 e. The van der Waals surface area contributed by atoms with Crippen LogP contribution in [0.5, 0.6) is 0 Å². The van der Waals surface area contributed by atoms with Crippen molar-refractivity contribution >= 4 is 10.1 Å². The lowest BCUT2D eigenvalue weighted by Crippen LogP contribution is -2.41. The summed E-state index contributed by atoms with van der Waals surface area (Å²) in [6, 6.07) is 0. The Morgan fingerprint density at radius 1 is 0.500 bits per heavy atom. The van der Waals surface area contributed by atoms with Gasteiger partial charge in [0.1, 0.15) is 0 Å². The van der Waals surface area contributed by atoms with E-state index in [2.05, 4.69) is 21.0 Å². The standard InChI is InChI=1S/C27H57NO3S/c1-4-5-6-7-8-9-10-11-12-13-14-15-16-17-18-19-20-21-22-23-25-28(2,3)26-24-27-32(29,30)31/h4-27H2,1-3H3/p+1. The number of rotatable bonds is 25. The Balaban J connectivity index is 3.25. The van der Waals surface area contributed by atoms with Gasteiger partial charge in [0.2, 0.25) is 0 Å². The summed E-state index contributed by atoms with van der Waals surface area (Å²) in [5.41, 5.74) is 0. The van der Waals surface area contributed by atoms with E-state index in [0.29, 0.717) is 6.42 Å². The van der Waals surface area contributed by atoms with Gasteiger partial charge < -0.3 is 4.48 Å². The third kappa shape index (κ3) is 26.1. The Bertz CT molecular complexity index is 491. The molecule has 0 aromatic carbocycles. The zero-order valence-corrected chi connectivity index (χ0v) is 22.9. The predicted molar refractivity (Wildman–Crippen MR) is 141 cm³/mol. The van der Waals surface area contributed by atoms with Crippen LogP contribution in [-0.2, 0) is 10.1 Å². The molecule has 0 unspecified atom stereocenters. The first-order valence-electron chi connectivity index (χ1n) is 14.0. The Morgan fingerprint density at radius 2 is 0.781 bits per heavy atom. The van der Waals surface area contributed by atoms with Crippen LogP contribution < -0.4 is 0 Å². The van der Waals surface area contributed by atoms with Crippen LogP contribution in [-0.4, -0.2) is 50.4 Å². The van der Waals surface area contributed by atoms with Crippen LogP contribution in [0.4, 0.5) is 0 Å². The molecule has 0 heterocycles. The van der Waals surface area contributed by atoms with Gasteiger partial charge in [-0.15, -0.1) is 0 Å². The van der Waals surface area contributed by atoms with E-state index in [9.17, 15) is 8.42 Å². The number of hydrogen-bond acceptors (Lipinski definition) is 2. The Hall–Kier alpha value is -0.130. The third-order valence-electron chi connectivity index (χ3n) is 6.78. The molecule has 32 heavy (non-hydrogen) atoms. The van der Waals surface area contributed by atoms with Crippen molar-refractivity contribution in [3.8, 4) is 0 Å². The zero-order valence-electron chi connectivity index (χ0n) is 22.1. The molecule has 0 aliphatic carbocycles. The highest BCUT2D eigenvalue weighted by Gasteiger charge is 2.16. The Labute approximate surface area is 202 Å². The first-order chi connectivity index (χ1) is 15.3. The van der Waals surface area contributed by atoms with Crippen molar-refractivity contribution in [3.63, 3.8) is 0 Å². The molecular formula is C27H58NO3S+. The van der Waals surface area contributed by atoms with E-state index in [4.69, 9.17) is 4.55 Å². The van der Waals surface area contributed by atoms with Crippen molar-refractivity contribution in [2.24, 2.45) is 0 Å². The summed E-state index contributed by atoms with van der Waals surface area (Å²) in [6.07, 6.45) is 28.6. The van der Waals surface area contributed by atoms with E-state index in [1.165, 1.54) is 128 Å². The van der Waals surface area contributed by atoms with E-state index < -0.39 is 10.1 Å². The van der Waals surface area contributed by atoms with Crippen molar-refractivity contribution in [1.29, 1.82) is 0 Å². The lowest BCUT2D eigenvalue weighted by Gasteiger charge is -2.29. The third-order valence-corrected chi connectivity index (χ3v) is 7.59. The van der Waals surface area contributed by atoms with Crippen molar-refractivity contribution in [2.75, 3.05) is 32.9 Å². The van der Waals surface area contributed by atoms with E-state index in [0.717, 1.165) is 17.6 Å². The minimum Gasteiger partial charge on any atom is -0.328 e. The van der Waals surface area contributed by atoms with Gasteiger partial charge in [0.25, 0.3) is 10.1 Å². The molecule has 0 aliphatic rings. The van der Waals surface area contributed by atoms with E-state index in [-0.39, 0.29) is 5.75 Å². The Morgan fingerprint density at radius 3 is 1.09 bits per heavy atom. The summed E-state index contributed by atoms with van der Waals surface area (Å²) in [6.45, 7) is 4.18. The van der Waals surface area contributed by atoms with Gasteiger partial charge in [-0.05, 0) is 12.8 Å². The molecule has 0 radical (unpaired) electrons. The van der Waals surface area contributed by atoms with E-state index in [1.807, 2.05) is 0 Å². The molecule has 0 atom stereocenters. The molecule has 0 saturated carbocycles. The van der Waals surface area contributed by atoms with Gasteiger partial charge in [-0.1, -0.05) is 122 Å². The normalized spacial score (nSPS) is 12.5. The summed E-state index contributed by atoms with van der Waals surface area (Å²) in [4.78, 5) is 0. The predicted octanol–water partition coefficient (Wildman–Crippen LogP) is 8.16. The average molecular weight is 477 g/mol. The first-order valence-corrected chi connectivity index (χ1v) is 15.6. The molecule has 0 saturated heterocycles. The largest absolute Gasteiger partial charge is 0.328 e. The summed E-state index contributed by atoms with van der Waals surface area (Å²) < 4.78 is 31.3. The highest BCUT2D eigenvalue weighted by molar-refractivity contribution is 7.85. The zero-order chi connectivity index (χ0) is 24.0. The van der Waals surface area contributed by atoms with Crippen LogP contribution in [0.2, 0.25) is 0 Å². The van der Waals surface area contributed by atoms with Crippen LogP contribution in [0, 0.1) is 0 Å². The van der Waals surface area contributed by atoms with Crippen LogP contribution >= 0.6 is 0 Å². The average Bonchev–Trinajstić information content (AvgIpc) is 2.71. The molecule has 0 aliphatic heterocycles. The van der Waals surface area contributed by atoms with Gasteiger partial charge in [0.05, 0.1) is 32.9 Å². The fourth-order valence-corrected chi connectivity index (χ4v) is 5.08. The van der Waals surface area contributed by atoms with Crippen molar-refractivity contribution in [3.05, 3.63) is 0 Å². The number of quaternary nitrogens is 1. The molecule has 0 aromatic rings. The van der Waals surface area contributed by atoms with Crippen molar-refractivity contribution in [1.82, 2.24) is 0 Å². The summed E-state index contributed by atoms with van der Waals surface area (Å²) >= 11 is 0. The maximum absolute atomic E-state index is 10.8. The second-order valence-electron chi connectivity index (χ2n) is 10.7. The van der Waals surface area contributed by atoms with Crippen molar-refractivity contribution in [2.45, 2.75) is 142 Å². The topological polar surface area (TPSA) is 54.4 Å². The number of hydrogen-bond donors (Lipinski definition) is 1. The van der Waals surface area contributed by atoms with Gasteiger partial charge in [-0.2, -0.15) is 8.42 Å². The highest BCUT2D eigenvalue weighted by Crippen LogP contribution is 2.15. The van der Waals surface area contributed by atoms with Gasteiger partial charge in [-0.25, -0.2) is 0 Å². The van der Waals surface area contributed by atoms with Gasteiger partial charge in [0.15, 0.2) is 0 Å². The molecule has 1 N–H and O–H groups in total. The second-order valence-corrected chi connectivity index (χ2v) is 12.3. The second kappa shape index (κ2) is 21.4. The Kier molecular flexibility index (Phi) is 21.3. The molecule has 194 valence electrons. The molecule has 0 bridgehead atoms. The monoisotopic (exact) mass is 476 g/mol. The fourth-order valence-electron chi connectivity index (χ4n) is 4.58. The molecule has 4 nitrogen and oxygen atoms in total. The molecule has 0 aromatic heterocycles. The number of unbranched alkanes of at least 4 members (excludes halogenated alkanes) is 19.